The van der Waals surface area contributed by atoms with E-state index in [4.69, 9.17) is 5.84 Å². The van der Waals surface area contributed by atoms with Gasteiger partial charge in [0.05, 0.1) is 6.04 Å². The van der Waals surface area contributed by atoms with Gasteiger partial charge in [0.15, 0.2) is 17.5 Å². The maximum Gasteiger partial charge on any atom is 0.194 e. The van der Waals surface area contributed by atoms with E-state index in [0.717, 1.165) is 31.7 Å². The second kappa shape index (κ2) is 5.92. The summed E-state index contributed by atoms with van der Waals surface area (Å²) in [6, 6.07) is 1.75. The Hall–Kier alpha value is -1.07. The first-order valence-electron chi connectivity index (χ1n) is 6.64. The minimum atomic E-state index is -1.43. The molecule has 106 valence electrons. The van der Waals surface area contributed by atoms with Crippen LogP contribution < -0.4 is 11.3 Å². The fraction of sp³-hybridized carbons (Fsp3) is 0.571. The Labute approximate surface area is 111 Å². The van der Waals surface area contributed by atoms with Crippen LogP contribution in [0.3, 0.4) is 0 Å². The molecule has 19 heavy (non-hydrogen) atoms. The molecule has 1 fully saturated rings. The summed E-state index contributed by atoms with van der Waals surface area (Å²) in [6.07, 6.45) is 3.92. The lowest BCUT2D eigenvalue weighted by Gasteiger charge is -2.32. The largest absolute Gasteiger partial charge is 0.271 e. The Morgan fingerprint density at radius 2 is 1.74 bits per heavy atom. The summed E-state index contributed by atoms with van der Waals surface area (Å²) in [5.41, 5.74) is 2.67. The van der Waals surface area contributed by atoms with Crippen molar-refractivity contribution in [1.82, 2.24) is 5.43 Å². The van der Waals surface area contributed by atoms with E-state index >= 15 is 0 Å². The molecule has 1 atom stereocenters. The number of halogens is 3. The second-order valence-corrected chi connectivity index (χ2v) is 5.43. The Morgan fingerprint density at radius 3 is 2.32 bits per heavy atom. The Bertz CT molecular complexity index is 443. The minimum absolute atomic E-state index is 0.112. The number of rotatable bonds is 3. The highest BCUT2D eigenvalue weighted by Crippen LogP contribution is 2.37. The maximum atomic E-state index is 13.8. The second-order valence-electron chi connectivity index (χ2n) is 5.43. The van der Waals surface area contributed by atoms with Crippen LogP contribution in [0.4, 0.5) is 13.2 Å². The molecule has 5 heteroatoms. The molecule has 1 aromatic carbocycles. The van der Waals surface area contributed by atoms with Crippen LogP contribution in [0.1, 0.15) is 44.2 Å². The Kier molecular flexibility index (Phi) is 4.47. The summed E-state index contributed by atoms with van der Waals surface area (Å²) in [4.78, 5) is 0. The monoisotopic (exact) mass is 272 g/mol. The average molecular weight is 272 g/mol. The molecular weight excluding hydrogens is 253 g/mol. The standard InChI is InChI=1S/C14H19F3N2/c1-8-2-4-9(5-3-8)14(19-18)10-6-7-11(15)13(17)12(10)16/h6-9,14,19H,2-5,18H2,1H3. The number of nitrogens with one attached hydrogen (secondary N) is 1. The molecule has 0 saturated heterocycles. The molecule has 2 rings (SSSR count). The fourth-order valence-corrected chi connectivity index (χ4v) is 2.88. The SMILES string of the molecule is CC1CCC(C(NN)c2ccc(F)c(F)c2F)CC1. The molecule has 1 aliphatic rings. The predicted molar refractivity (Wildman–Crippen MR) is 67.5 cm³/mol. The highest BCUT2D eigenvalue weighted by atomic mass is 19.2. The quantitative estimate of drug-likeness (QED) is 0.502. The van der Waals surface area contributed by atoms with Crippen molar-refractivity contribution in [3.63, 3.8) is 0 Å². The zero-order valence-electron chi connectivity index (χ0n) is 10.9. The molecule has 1 aromatic rings. The highest BCUT2D eigenvalue weighted by Gasteiger charge is 2.29. The van der Waals surface area contributed by atoms with Crippen LogP contribution in [-0.4, -0.2) is 0 Å². The Morgan fingerprint density at radius 1 is 1.11 bits per heavy atom. The van der Waals surface area contributed by atoms with Crippen LogP contribution in [0.25, 0.3) is 0 Å². The third-order valence-electron chi connectivity index (χ3n) is 4.11. The van der Waals surface area contributed by atoms with Crippen LogP contribution in [0.5, 0.6) is 0 Å². The molecular formula is C14H19F3N2. The van der Waals surface area contributed by atoms with E-state index in [-0.39, 0.29) is 11.5 Å². The zero-order chi connectivity index (χ0) is 14.0. The fourth-order valence-electron chi connectivity index (χ4n) is 2.88. The van der Waals surface area contributed by atoms with E-state index in [0.29, 0.717) is 5.92 Å². The van der Waals surface area contributed by atoms with Gasteiger partial charge in [0.1, 0.15) is 0 Å². The van der Waals surface area contributed by atoms with Gasteiger partial charge in [0, 0.05) is 5.56 Å². The summed E-state index contributed by atoms with van der Waals surface area (Å²) in [5, 5.41) is 0. The van der Waals surface area contributed by atoms with E-state index < -0.39 is 23.5 Å². The van der Waals surface area contributed by atoms with Gasteiger partial charge < -0.3 is 0 Å². The van der Waals surface area contributed by atoms with Gasteiger partial charge in [-0.3, -0.25) is 11.3 Å². The van der Waals surface area contributed by atoms with Gasteiger partial charge >= 0.3 is 0 Å². The average Bonchev–Trinajstić information content (AvgIpc) is 2.41. The van der Waals surface area contributed by atoms with Gasteiger partial charge in [-0.2, -0.15) is 0 Å². The maximum absolute atomic E-state index is 13.8. The molecule has 2 nitrogen and oxygen atoms in total. The summed E-state index contributed by atoms with van der Waals surface area (Å²) in [6.45, 7) is 2.18. The highest BCUT2D eigenvalue weighted by molar-refractivity contribution is 5.24. The molecule has 1 saturated carbocycles. The van der Waals surface area contributed by atoms with Crippen molar-refractivity contribution in [3.05, 3.63) is 35.1 Å². The zero-order valence-corrected chi connectivity index (χ0v) is 10.9. The number of hydrazine groups is 1. The van der Waals surface area contributed by atoms with Gasteiger partial charge in [0.25, 0.3) is 0 Å². The molecule has 3 N–H and O–H groups in total. The van der Waals surface area contributed by atoms with Crippen LogP contribution in [0, 0.1) is 29.3 Å². The van der Waals surface area contributed by atoms with Gasteiger partial charge in [0.2, 0.25) is 0 Å². The van der Waals surface area contributed by atoms with Crippen molar-refractivity contribution < 1.29 is 13.2 Å². The van der Waals surface area contributed by atoms with Crippen molar-refractivity contribution in [3.8, 4) is 0 Å². The lowest BCUT2D eigenvalue weighted by molar-refractivity contribution is 0.228. The summed E-state index contributed by atoms with van der Waals surface area (Å²) in [5.74, 6) is 2.57. The smallest absolute Gasteiger partial charge is 0.194 e. The molecule has 0 radical (unpaired) electrons. The molecule has 0 amide bonds. The topological polar surface area (TPSA) is 38.0 Å². The first-order valence-corrected chi connectivity index (χ1v) is 6.64. The third kappa shape index (κ3) is 2.92. The van der Waals surface area contributed by atoms with Gasteiger partial charge in [-0.25, -0.2) is 13.2 Å². The molecule has 1 aliphatic carbocycles. The normalized spacial score (nSPS) is 25.3. The van der Waals surface area contributed by atoms with Crippen LogP contribution in [0.2, 0.25) is 0 Å². The van der Waals surface area contributed by atoms with Crippen molar-refractivity contribution in [2.75, 3.05) is 0 Å². The molecule has 0 heterocycles. The van der Waals surface area contributed by atoms with Crippen LogP contribution >= 0.6 is 0 Å². The van der Waals surface area contributed by atoms with Crippen LogP contribution in [-0.2, 0) is 0 Å². The number of benzene rings is 1. The number of hydrogen-bond acceptors (Lipinski definition) is 2. The van der Waals surface area contributed by atoms with Crippen molar-refractivity contribution in [2.24, 2.45) is 17.7 Å². The van der Waals surface area contributed by atoms with E-state index in [1.165, 1.54) is 6.07 Å². The molecule has 0 aliphatic heterocycles. The summed E-state index contributed by atoms with van der Waals surface area (Å²) >= 11 is 0. The first-order chi connectivity index (χ1) is 9.04. The first kappa shape index (κ1) is 14.3. The van der Waals surface area contributed by atoms with Crippen molar-refractivity contribution in [2.45, 2.75) is 38.6 Å². The lowest BCUT2D eigenvalue weighted by Crippen LogP contribution is -2.36. The molecule has 0 aromatic heterocycles. The van der Waals surface area contributed by atoms with E-state index in [1.54, 1.807) is 0 Å². The van der Waals surface area contributed by atoms with Gasteiger partial charge in [-0.15, -0.1) is 0 Å². The van der Waals surface area contributed by atoms with E-state index in [1.807, 2.05) is 0 Å². The predicted octanol–water partition coefficient (Wildman–Crippen LogP) is 3.43. The van der Waals surface area contributed by atoms with Gasteiger partial charge in [-0.1, -0.05) is 25.8 Å². The number of nitrogens with two attached hydrogens (primary N) is 1. The lowest BCUT2D eigenvalue weighted by atomic mass is 9.77. The number of hydrogen-bond donors (Lipinski definition) is 2. The minimum Gasteiger partial charge on any atom is -0.271 e. The third-order valence-corrected chi connectivity index (χ3v) is 4.11. The summed E-state index contributed by atoms with van der Waals surface area (Å²) < 4.78 is 40.1. The Balaban J connectivity index is 2.25. The van der Waals surface area contributed by atoms with Crippen LogP contribution in [0.15, 0.2) is 12.1 Å². The van der Waals surface area contributed by atoms with Crippen molar-refractivity contribution >= 4 is 0 Å². The van der Waals surface area contributed by atoms with Gasteiger partial charge in [-0.05, 0) is 30.7 Å². The molecule has 0 spiro atoms. The summed E-state index contributed by atoms with van der Waals surface area (Å²) in [7, 11) is 0. The van der Waals surface area contributed by atoms with E-state index in [2.05, 4.69) is 12.3 Å². The van der Waals surface area contributed by atoms with Crippen molar-refractivity contribution in [1.29, 1.82) is 0 Å². The van der Waals surface area contributed by atoms with E-state index in [9.17, 15) is 13.2 Å². The molecule has 0 bridgehead atoms. The molecule has 1 unspecified atom stereocenters.